The molecule has 15 heavy (non-hydrogen) atoms. The second kappa shape index (κ2) is 5.81. The van der Waals surface area contributed by atoms with Gasteiger partial charge in [0.05, 0.1) is 6.54 Å². The summed E-state index contributed by atoms with van der Waals surface area (Å²) < 4.78 is 0. The Morgan fingerprint density at radius 1 is 1.20 bits per heavy atom. The Morgan fingerprint density at radius 2 is 1.87 bits per heavy atom. The lowest BCUT2D eigenvalue weighted by Gasteiger charge is -2.06. The van der Waals surface area contributed by atoms with E-state index in [0.717, 1.165) is 13.0 Å². The number of hydrogen-bond donors (Lipinski definition) is 2. The molecule has 0 saturated carbocycles. The molecule has 0 aromatic carbocycles. The second-order valence-electron chi connectivity index (χ2n) is 3.01. The number of hydrogen-bond acceptors (Lipinski definition) is 5. The lowest BCUT2D eigenvalue weighted by Crippen LogP contribution is -2.10. The average Bonchev–Trinajstić information content (AvgIpc) is 2.23. The van der Waals surface area contributed by atoms with Crippen LogP contribution < -0.4 is 10.6 Å². The highest BCUT2D eigenvalue weighted by Crippen LogP contribution is 2.04. The maximum Gasteiger partial charge on any atom is 0.228 e. The lowest BCUT2D eigenvalue weighted by molar-refractivity contribution is 0.918. The van der Waals surface area contributed by atoms with E-state index in [9.17, 15) is 0 Å². The lowest BCUT2D eigenvalue weighted by atomic mass is 10.5. The highest BCUT2D eigenvalue weighted by atomic mass is 15.2. The molecule has 0 aliphatic rings. The molecule has 1 heterocycles. The van der Waals surface area contributed by atoms with Gasteiger partial charge >= 0.3 is 0 Å². The van der Waals surface area contributed by atoms with Crippen LogP contribution >= 0.6 is 0 Å². The topological polar surface area (TPSA) is 62.7 Å². The van der Waals surface area contributed by atoms with Crippen molar-refractivity contribution >= 4 is 11.9 Å². The van der Waals surface area contributed by atoms with Crippen molar-refractivity contribution in [1.82, 2.24) is 15.0 Å². The van der Waals surface area contributed by atoms with E-state index in [0.29, 0.717) is 24.3 Å². The van der Waals surface area contributed by atoms with Crippen molar-refractivity contribution in [3.63, 3.8) is 0 Å². The molecule has 80 valence electrons. The van der Waals surface area contributed by atoms with Gasteiger partial charge in [0.25, 0.3) is 0 Å². The summed E-state index contributed by atoms with van der Waals surface area (Å²) >= 11 is 0. The molecular formula is C10H15N5. The normalized spacial score (nSPS) is 9.40. The zero-order chi connectivity index (χ0) is 11.1. The number of aryl methyl sites for hydroxylation is 1. The van der Waals surface area contributed by atoms with Crippen molar-refractivity contribution < 1.29 is 0 Å². The summed E-state index contributed by atoms with van der Waals surface area (Å²) in [5, 5.41) is 6.01. The number of nitrogens with zero attached hydrogens (tertiary/aromatic N) is 3. The molecule has 0 fully saturated rings. The van der Waals surface area contributed by atoms with Gasteiger partial charge < -0.3 is 10.6 Å². The summed E-state index contributed by atoms with van der Waals surface area (Å²) in [6.45, 7) is 5.16. The third-order valence-corrected chi connectivity index (χ3v) is 1.63. The number of terminal acetylenes is 1. The molecule has 0 spiro atoms. The third kappa shape index (κ3) is 3.81. The summed E-state index contributed by atoms with van der Waals surface area (Å²) in [6, 6.07) is 0. The zero-order valence-electron chi connectivity index (χ0n) is 9.04. The van der Waals surface area contributed by atoms with E-state index in [1.54, 1.807) is 0 Å². The molecule has 0 radical (unpaired) electrons. The van der Waals surface area contributed by atoms with Crippen molar-refractivity contribution in [2.75, 3.05) is 23.7 Å². The van der Waals surface area contributed by atoms with E-state index in [1.165, 1.54) is 0 Å². The number of aromatic nitrogens is 3. The molecule has 0 atom stereocenters. The first-order valence-electron chi connectivity index (χ1n) is 4.90. The van der Waals surface area contributed by atoms with Crippen LogP contribution in [0.1, 0.15) is 19.2 Å². The third-order valence-electron chi connectivity index (χ3n) is 1.63. The van der Waals surface area contributed by atoms with E-state index < -0.39 is 0 Å². The Hall–Kier alpha value is -1.83. The van der Waals surface area contributed by atoms with Crippen molar-refractivity contribution in [3.8, 4) is 12.3 Å². The molecule has 2 N–H and O–H groups in total. The van der Waals surface area contributed by atoms with Crippen LogP contribution in [0.4, 0.5) is 11.9 Å². The summed E-state index contributed by atoms with van der Waals surface area (Å²) in [7, 11) is 0. The van der Waals surface area contributed by atoms with Crippen LogP contribution in [-0.4, -0.2) is 28.0 Å². The maximum absolute atomic E-state index is 5.13. The quantitative estimate of drug-likeness (QED) is 0.703. The zero-order valence-corrected chi connectivity index (χ0v) is 9.04. The Kier molecular flexibility index (Phi) is 4.35. The molecule has 0 bridgehead atoms. The van der Waals surface area contributed by atoms with Gasteiger partial charge in [-0.1, -0.05) is 12.8 Å². The van der Waals surface area contributed by atoms with E-state index in [1.807, 2.05) is 6.92 Å². The van der Waals surface area contributed by atoms with Gasteiger partial charge in [-0.15, -0.1) is 6.42 Å². The van der Waals surface area contributed by atoms with Gasteiger partial charge in [0, 0.05) is 6.54 Å². The largest absolute Gasteiger partial charge is 0.354 e. The van der Waals surface area contributed by atoms with Crippen LogP contribution in [0, 0.1) is 19.3 Å². The minimum Gasteiger partial charge on any atom is -0.354 e. The average molecular weight is 205 g/mol. The minimum absolute atomic E-state index is 0.413. The van der Waals surface area contributed by atoms with Gasteiger partial charge in [-0.25, -0.2) is 0 Å². The highest BCUT2D eigenvalue weighted by Gasteiger charge is 2.01. The van der Waals surface area contributed by atoms with Gasteiger partial charge in [0.15, 0.2) is 0 Å². The summed E-state index contributed by atoms with van der Waals surface area (Å²) in [6.07, 6.45) is 6.16. The van der Waals surface area contributed by atoms with Crippen molar-refractivity contribution in [2.24, 2.45) is 0 Å². The first-order valence-corrected chi connectivity index (χ1v) is 4.90. The summed E-state index contributed by atoms with van der Waals surface area (Å²) in [5.41, 5.74) is 0. The fourth-order valence-electron chi connectivity index (χ4n) is 1.01. The fraction of sp³-hybridized carbons (Fsp3) is 0.500. The Labute approximate surface area is 89.7 Å². The van der Waals surface area contributed by atoms with Gasteiger partial charge in [-0.2, -0.15) is 15.0 Å². The predicted molar refractivity (Wildman–Crippen MR) is 60.7 cm³/mol. The molecule has 1 aromatic rings. The molecule has 0 unspecified atom stereocenters. The first-order chi connectivity index (χ1) is 7.26. The Balaban J connectivity index is 2.71. The van der Waals surface area contributed by atoms with Crippen LogP contribution in [0.25, 0.3) is 0 Å². The monoisotopic (exact) mass is 205 g/mol. The van der Waals surface area contributed by atoms with E-state index in [4.69, 9.17) is 6.42 Å². The van der Waals surface area contributed by atoms with Crippen LogP contribution in [0.2, 0.25) is 0 Å². The van der Waals surface area contributed by atoms with Crippen LogP contribution in [-0.2, 0) is 0 Å². The standard InChI is InChI=1S/C10H15N5/c1-4-6-11-9-13-8(3)14-10(15-9)12-7-5-2/h1H,5-7H2,2-3H3,(H2,11,12,13,14,15). The van der Waals surface area contributed by atoms with Crippen molar-refractivity contribution in [1.29, 1.82) is 0 Å². The van der Waals surface area contributed by atoms with E-state index >= 15 is 0 Å². The molecule has 0 aliphatic heterocycles. The molecule has 0 amide bonds. The smallest absolute Gasteiger partial charge is 0.228 e. The van der Waals surface area contributed by atoms with Crippen LogP contribution in [0.15, 0.2) is 0 Å². The molecule has 5 nitrogen and oxygen atoms in total. The molecule has 1 aromatic heterocycles. The second-order valence-corrected chi connectivity index (χ2v) is 3.01. The number of nitrogens with one attached hydrogen (secondary N) is 2. The van der Waals surface area contributed by atoms with Crippen molar-refractivity contribution in [2.45, 2.75) is 20.3 Å². The Morgan fingerprint density at radius 3 is 2.47 bits per heavy atom. The molecular weight excluding hydrogens is 190 g/mol. The molecule has 0 saturated heterocycles. The van der Waals surface area contributed by atoms with Gasteiger partial charge in [-0.05, 0) is 13.3 Å². The van der Waals surface area contributed by atoms with Gasteiger partial charge in [0.2, 0.25) is 11.9 Å². The van der Waals surface area contributed by atoms with E-state index in [2.05, 4.69) is 38.4 Å². The molecule has 5 heteroatoms. The van der Waals surface area contributed by atoms with Crippen LogP contribution in [0.5, 0.6) is 0 Å². The summed E-state index contributed by atoms with van der Waals surface area (Å²) in [5.74, 6) is 4.24. The number of anilines is 2. The fourth-order valence-corrected chi connectivity index (χ4v) is 1.01. The SMILES string of the molecule is C#CCNc1nc(C)nc(NCCC)n1. The minimum atomic E-state index is 0.413. The van der Waals surface area contributed by atoms with Crippen molar-refractivity contribution in [3.05, 3.63) is 5.82 Å². The van der Waals surface area contributed by atoms with Gasteiger partial charge in [-0.3, -0.25) is 0 Å². The maximum atomic E-state index is 5.13. The van der Waals surface area contributed by atoms with Gasteiger partial charge in [0.1, 0.15) is 5.82 Å². The summed E-state index contributed by atoms with van der Waals surface area (Å²) in [4.78, 5) is 12.4. The predicted octanol–water partition coefficient (Wildman–Crippen LogP) is 1.05. The van der Waals surface area contributed by atoms with E-state index in [-0.39, 0.29) is 0 Å². The number of rotatable bonds is 5. The molecule has 1 rings (SSSR count). The first kappa shape index (κ1) is 11.2. The Bertz CT molecular complexity index is 355. The highest BCUT2D eigenvalue weighted by molar-refractivity contribution is 5.35. The molecule has 0 aliphatic carbocycles. The van der Waals surface area contributed by atoms with Crippen LogP contribution in [0.3, 0.4) is 0 Å².